The monoisotopic (exact) mass is 392 g/mol. The molecular weight excluding hydrogens is 369 g/mol. The summed E-state index contributed by atoms with van der Waals surface area (Å²) in [5.41, 5.74) is 2.09. The number of halogens is 3. The highest BCUT2D eigenvalue weighted by Gasteiger charge is 2.58. The normalized spacial score (nSPS) is 35.8. The SMILES string of the molecule is N=C/C=C(\c1cc([C@H]2CC2(F)F)c[nH]1)N1CC2CCC(C1)N2C(=O)[C@@H]1C[C@H]1F. The summed E-state index contributed by atoms with van der Waals surface area (Å²) >= 11 is 0. The van der Waals surface area contributed by atoms with Crippen molar-refractivity contribution in [3.63, 3.8) is 0 Å². The molecule has 4 fully saturated rings. The summed E-state index contributed by atoms with van der Waals surface area (Å²) in [7, 11) is 0. The zero-order valence-corrected chi connectivity index (χ0v) is 15.4. The number of hydrogen-bond donors (Lipinski definition) is 2. The number of nitrogens with zero attached hydrogens (tertiary/aromatic N) is 2. The van der Waals surface area contributed by atoms with Crippen molar-refractivity contribution >= 4 is 17.8 Å². The van der Waals surface area contributed by atoms with Crippen LogP contribution >= 0.6 is 0 Å². The smallest absolute Gasteiger partial charge is 0.255 e. The molecule has 2 unspecified atom stereocenters. The molecule has 3 heterocycles. The van der Waals surface area contributed by atoms with Gasteiger partial charge in [0.25, 0.3) is 5.92 Å². The van der Waals surface area contributed by atoms with Crippen molar-refractivity contribution in [1.29, 1.82) is 5.41 Å². The maximum absolute atomic E-state index is 13.4. The first-order chi connectivity index (χ1) is 13.4. The lowest BCUT2D eigenvalue weighted by molar-refractivity contribution is -0.138. The first kappa shape index (κ1) is 17.8. The number of amides is 1. The van der Waals surface area contributed by atoms with Gasteiger partial charge in [0.1, 0.15) is 6.17 Å². The number of hydrogen-bond acceptors (Lipinski definition) is 3. The molecule has 4 aliphatic rings. The summed E-state index contributed by atoms with van der Waals surface area (Å²) in [4.78, 5) is 19.7. The number of piperazine rings is 1. The van der Waals surface area contributed by atoms with E-state index in [2.05, 4.69) is 9.88 Å². The number of nitrogens with one attached hydrogen (secondary N) is 2. The molecular formula is C20H23F3N4O. The number of fused-ring (bicyclic) bond motifs is 2. The van der Waals surface area contributed by atoms with E-state index in [4.69, 9.17) is 5.41 Å². The second-order valence-electron chi connectivity index (χ2n) is 8.48. The first-order valence-corrected chi connectivity index (χ1v) is 9.87. The second-order valence-corrected chi connectivity index (χ2v) is 8.48. The average molecular weight is 392 g/mol. The molecule has 2 saturated carbocycles. The molecule has 150 valence electrons. The van der Waals surface area contributed by atoms with Crippen LogP contribution in [0, 0.1) is 11.3 Å². The standard InChI is InChI=1S/C20H23F3N4O/c21-16-6-14(16)19(28)27-12-1-2-13(27)10-26(9-12)18(3-4-24)17-5-11(8-25-17)15-7-20(15,22)23/h3-5,8,12-16,24-25H,1-2,6-7,9-10H2/b18-3+,24-4?/t12?,13?,14-,15-,16-/m1/s1. The maximum atomic E-state index is 13.4. The van der Waals surface area contributed by atoms with Crippen molar-refractivity contribution in [3.8, 4) is 0 Å². The number of alkyl halides is 3. The molecule has 2 bridgehead atoms. The Morgan fingerprint density at radius 1 is 1.29 bits per heavy atom. The third-order valence-corrected chi connectivity index (χ3v) is 6.56. The van der Waals surface area contributed by atoms with Gasteiger partial charge in [0.05, 0.1) is 23.2 Å². The predicted octanol–water partition coefficient (Wildman–Crippen LogP) is 3.16. The van der Waals surface area contributed by atoms with Crippen LogP contribution in [0.25, 0.3) is 5.70 Å². The highest BCUT2D eigenvalue weighted by Crippen LogP contribution is 2.56. The summed E-state index contributed by atoms with van der Waals surface area (Å²) in [6.45, 7) is 1.22. The van der Waals surface area contributed by atoms with E-state index in [0.29, 0.717) is 30.8 Å². The number of carbonyl (C=O) groups is 1. The van der Waals surface area contributed by atoms with Gasteiger partial charge in [0.15, 0.2) is 0 Å². The van der Waals surface area contributed by atoms with E-state index >= 15 is 0 Å². The van der Waals surface area contributed by atoms with E-state index in [0.717, 1.165) is 18.5 Å². The Morgan fingerprint density at radius 2 is 1.93 bits per heavy atom. The number of likely N-dealkylation sites (tertiary alicyclic amines) is 1. The molecule has 28 heavy (non-hydrogen) atoms. The topological polar surface area (TPSA) is 63.2 Å². The fraction of sp³-hybridized carbons (Fsp3) is 0.600. The molecule has 2 saturated heterocycles. The van der Waals surface area contributed by atoms with Crippen LogP contribution in [-0.4, -0.2) is 64.2 Å². The minimum Gasteiger partial charge on any atom is -0.366 e. The minimum absolute atomic E-state index is 0.0374. The molecule has 2 aliphatic heterocycles. The molecule has 1 aromatic rings. The second kappa shape index (κ2) is 6.12. The third kappa shape index (κ3) is 2.84. The van der Waals surface area contributed by atoms with Gasteiger partial charge in [0.2, 0.25) is 5.91 Å². The summed E-state index contributed by atoms with van der Waals surface area (Å²) in [5.74, 6) is -3.86. The van der Waals surface area contributed by atoms with E-state index in [1.165, 1.54) is 6.21 Å². The van der Waals surface area contributed by atoms with E-state index in [-0.39, 0.29) is 24.4 Å². The molecule has 2 N–H and O–H groups in total. The highest BCUT2D eigenvalue weighted by molar-refractivity contribution is 5.84. The van der Waals surface area contributed by atoms with Gasteiger partial charge in [-0.05, 0) is 37.0 Å². The molecule has 1 amide bonds. The van der Waals surface area contributed by atoms with E-state index in [1.807, 2.05) is 4.90 Å². The van der Waals surface area contributed by atoms with Crippen LogP contribution in [0.2, 0.25) is 0 Å². The molecule has 0 radical (unpaired) electrons. The Hall–Kier alpha value is -2.25. The Morgan fingerprint density at radius 3 is 2.46 bits per heavy atom. The van der Waals surface area contributed by atoms with Gasteiger partial charge < -0.3 is 20.2 Å². The van der Waals surface area contributed by atoms with Crippen molar-refractivity contribution in [2.24, 2.45) is 5.92 Å². The zero-order valence-electron chi connectivity index (χ0n) is 15.4. The fourth-order valence-corrected chi connectivity index (χ4v) is 4.85. The molecule has 0 spiro atoms. The zero-order chi connectivity index (χ0) is 19.6. The van der Waals surface area contributed by atoms with Gasteiger partial charge in [-0.25, -0.2) is 13.2 Å². The van der Waals surface area contributed by atoms with Crippen LogP contribution in [0.15, 0.2) is 18.3 Å². The van der Waals surface area contributed by atoms with Crippen LogP contribution in [0.4, 0.5) is 13.2 Å². The van der Waals surface area contributed by atoms with Crippen molar-refractivity contribution in [2.45, 2.75) is 55.8 Å². The lowest BCUT2D eigenvalue weighted by atomic mass is 10.1. The van der Waals surface area contributed by atoms with Gasteiger partial charge in [-0.2, -0.15) is 0 Å². The minimum atomic E-state index is -2.62. The molecule has 5 atom stereocenters. The number of aromatic nitrogens is 1. The number of allylic oxidation sites excluding steroid dienone is 1. The van der Waals surface area contributed by atoms with Gasteiger partial charge >= 0.3 is 0 Å². The van der Waals surface area contributed by atoms with Gasteiger partial charge in [-0.1, -0.05) is 0 Å². The molecule has 2 aliphatic carbocycles. The lowest BCUT2D eigenvalue weighted by Crippen LogP contribution is -2.55. The summed E-state index contributed by atoms with van der Waals surface area (Å²) < 4.78 is 40.1. The summed E-state index contributed by atoms with van der Waals surface area (Å²) in [6, 6.07) is 1.82. The van der Waals surface area contributed by atoms with Crippen molar-refractivity contribution in [2.75, 3.05) is 13.1 Å². The molecule has 5 rings (SSSR count). The Kier molecular flexibility index (Phi) is 3.90. The van der Waals surface area contributed by atoms with Crippen LogP contribution in [-0.2, 0) is 4.79 Å². The predicted molar refractivity (Wildman–Crippen MR) is 98.1 cm³/mol. The quantitative estimate of drug-likeness (QED) is 0.756. The van der Waals surface area contributed by atoms with Crippen molar-refractivity contribution < 1.29 is 18.0 Å². The molecule has 0 aromatic carbocycles. The Labute approximate surface area is 161 Å². The van der Waals surface area contributed by atoms with Gasteiger partial charge in [0, 0.05) is 44.0 Å². The number of H-pyrrole nitrogens is 1. The third-order valence-electron chi connectivity index (χ3n) is 6.56. The van der Waals surface area contributed by atoms with Crippen LogP contribution in [0.1, 0.15) is 42.9 Å². The fourth-order valence-electron chi connectivity index (χ4n) is 4.85. The van der Waals surface area contributed by atoms with Crippen molar-refractivity contribution in [3.05, 3.63) is 29.6 Å². The van der Waals surface area contributed by atoms with Crippen LogP contribution < -0.4 is 0 Å². The highest BCUT2D eigenvalue weighted by atomic mass is 19.3. The number of aromatic amines is 1. The van der Waals surface area contributed by atoms with Crippen LogP contribution in [0.3, 0.4) is 0 Å². The summed E-state index contributed by atoms with van der Waals surface area (Å²) in [6.07, 6.45) is 5.49. The molecule has 8 heteroatoms. The van der Waals surface area contributed by atoms with Gasteiger partial charge in [-0.3, -0.25) is 4.79 Å². The largest absolute Gasteiger partial charge is 0.366 e. The van der Waals surface area contributed by atoms with E-state index in [1.54, 1.807) is 18.3 Å². The summed E-state index contributed by atoms with van der Waals surface area (Å²) in [5, 5.41) is 7.51. The maximum Gasteiger partial charge on any atom is 0.255 e. The first-order valence-electron chi connectivity index (χ1n) is 9.87. The van der Waals surface area contributed by atoms with E-state index < -0.39 is 23.9 Å². The Bertz CT molecular complexity index is 836. The Balaban J connectivity index is 1.34. The molecule has 1 aromatic heterocycles. The average Bonchev–Trinajstić information content (AvgIpc) is 3.42. The number of rotatable bonds is 5. The van der Waals surface area contributed by atoms with Gasteiger partial charge in [-0.15, -0.1) is 0 Å². The van der Waals surface area contributed by atoms with Crippen molar-refractivity contribution in [1.82, 2.24) is 14.8 Å². The van der Waals surface area contributed by atoms with Crippen LogP contribution in [0.5, 0.6) is 0 Å². The lowest BCUT2D eigenvalue weighted by Gasteiger charge is -2.43. The van der Waals surface area contributed by atoms with E-state index in [9.17, 15) is 18.0 Å². The molecule has 5 nitrogen and oxygen atoms in total. The number of carbonyl (C=O) groups excluding carboxylic acids is 1.